The molecule has 110 valence electrons. The Bertz CT molecular complexity index is 443. The number of benzene rings is 1. The van der Waals surface area contributed by atoms with Gasteiger partial charge in [-0.3, -0.25) is 0 Å². The molecule has 1 aromatic carbocycles. The molecule has 0 saturated heterocycles. The summed E-state index contributed by atoms with van der Waals surface area (Å²) < 4.78 is 11.6. The Morgan fingerprint density at radius 3 is 2.90 bits per heavy atom. The summed E-state index contributed by atoms with van der Waals surface area (Å²) in [7, 11) is 0. The maximum atomic E-state index is 5.87. The van der Waals surface area contributed by atoms with Crippen molar-refractivity contribution in [2.75, 3.05) is 13.2 Å². The van der Waals surface area contributed by atoms with Gasteiger partial charge in [-0.05, 0) is 24.8 Å². The molecule has 1 N–H and O–H groups in total. The normalized spacial score (nSPS) is 19.4. The minimum Gasteiger partial charge on any atom is -0.490 e. The van der Waals surface area contributed by atoms with Gasteiger partial charge in [0.15, 0.2) is 11.5 Å². The fraction of sp³-hybridized carbons (Fsp3) is 0.647. The molecule has 2 aliphatic rings. The van der Waals surface area contributed by atoms with Gasteiger partial charge in [0, 0.05) is 24.6 Å². The van der Waals surface area contributed by atoms with Crippen molar-refractivity contribution in [3.8, 4) is 11.5 Å². The van der Waals surface area contributed by atoms with Crippen LogP contribution in [0.3, 0.4) is 0 Å². The van der Waals surface area contributed by atoms with E-state index in [1.165, 1.54) is 31.2 Å². The average molecular weight is 275 g/mol. The SMILES string of the molecule is CCC(CC1CC1)NCc1cccc2c1OCCCO2. The van der Waals surface area contributed by atoms with Crippen LogP contribution in [0.1, 0.15) is 44.6 Å². The van der Waals surface area contributed by atoms with Gasteiger partial charge in [0.25, 0.3) is 0 Å². The first-order valence-electron chi connectivity index (χ1n) is 7.97. The standard InChI is InChI=1S/C17H25NO2/c1-2-15(11-13-7-8-13)18-12-14-5-3-6-16-17(14)20-10-4-9-19-16/h3,5-6,13,15,18H,2,4,7-12H2,1H3. The summed E-state index contributed by atoms with van der Waals surface area (Å²) in [6.07, 6.45) is 6.33. The van der Waals surface area contributed by atoms with E-state index in [4.69, 9.17) is 9.47 Å². The number of ether oxygens (including phenoxy) is 2. The Morgan fingerprint density at radius 2 is 2.10 bits per heavy atom. The first-order valence-corrected chi connectivity index (χ1v) is 7.97. The zero-order valence-electron chi connectivity index (χ0n) is 12.4. The molecule has 3 heteroatoms. The van der Waals surface area contributed by atoms with E-state index < -0.39 is 0 Å². The second-order valence-electron chi connectivity index (χ2n) is 5.96. The van der Waals surface area contributed by atoms with Crippen LogP contribution >= 0.6 is 0 Å². The van der Waals surface area contributed by atoms with E-state index >= 15 is 0 Å². The van der Waals surface area contributed by atoms with Crippen LogP contribution in [0, 0.1) is 5.92 Å². The van der Waals surface area contributed by atoms with Crippen molar-refractivity contribution in [2.24, 2.45) is 5.92 Å². The molecule has 1 aliphatic carbocycles. The molecule has 0 radical (unpaired) electrons. The van der Waals surface area contributed by atoms with E-state index in [1.807, 2.05) is 6.07 Å². The molecule has 1 unspecified atom stereocenters. The quantitative estimate of drug-likeness (QED) is 0.861. The van der Waals surface area contributed by atoms with E-state index in [0.717, 1.165) is 43.6 Å². The molecule has 0 amide bonds. The molecule has 3 nitrogen and oxygen atoms in total. The van der Waals surface area contributed by atoms with Gasteiger partial charge in [-0.1, -0.05) is 31.9 Å². The van der Waals surface area contributed by atoms with E-state index in [9.17, 15) is 0 Å². The third kappa shape index (κ3) is 3.45. The Balaban J connectivity index is 1.64. The maximum absolute atomic E-state index is 5.87. The molecule has 1 saturated carbocycles. The molecule has 3 rings (SSSR count). The molecule has 1 aliphatic heterocycles. The number of para-hydroxylation sites is 1. The maximum Gasteiger partial charge on any atom is 0.165 e. The molecule has 1 fully saturated rings. The van der Waals surface area contributed by atoms with Crippen LogP contribution < -0.4 is 14.8 Å². The largest absolute Gasteiger partial charge is 0.490 e. The number of hydrogen-bond donors (Lipinski definition) is 1. The third-order valence-electron chi connectivity index (χ3n) is 4.24. The molecule has 1 heterocycles. The van der Waals surface area contributed by atoms with Crippen LogP contribution in [-0.2, 0) is 6.54 Å². The van der Waals surface area contributed by atoms with Gasteiger partial charge in [0.05, 0.1) is 13.2 Å². The summed E-state index contributed by atoms with van der Waals surface area (Å²) in [6, 6.07) is 6.84. The Hall–Kier alpha value is -1.22. The summed E-state index contributed by atoms with van der Waals surface area (Å²) in [5, 5.41) is 3.69. The van der Waals surface area contributed by atoms with Gasteiger partial charge in [0.1, 0.15) is 0 Å². The van der Waals surface area contributed by atoms with Crippen LogP contribution in [0.4, 0.5) is 0 Å². The minimum absolute atomic E-state index is 0.630. The van der Waals surface area contributed by atoms with Gasteiger partial charge >= 0.3 is 0 Å². The van der Waals surface area contributed by atoms with E-state index in [-0.39, 0.29) is 0 Å². The Labute approximate surface area is 121 Å². The first-order chi connectivity index (χ1) is 9.86. The van der Waals surface area contributed by atoms with Crippen molar-refractivity contribution < 1.29 is 9.47 Å². The zero-order chi connectivity index (χ0) is 13.8. The van der Waals surface area contributed by atoms with Crippen molar-refractivity contribution in [2.45, 2.75) is 51.6 Å². The fourth-order valence-corrected chi connectivity index (χ4v) is 2.80. The smallest absolute Gasteiger partial charge is 0.165 e. The average Bonchev–Trinajstić information content (AvgIpc) is 3.29. The van der Waals surface area contributed by atoms with Crippen molar-refractivity contribution in [1.29, 1.82) is 0 Å². The van der Waals surface area contributed by atoms with Crippen LogP contribution in [0.25, 0.3) is 0 Å². The number of rotatable bonds is 6. The molecule has 1 aromatic rings. The van der Waals surface area contributed by atoms with Crippen LogP contribution in [-0.4, -0.2) is 19.3 Å². The van der Waals surface area contributed by atoms with E-state index in [2.05, 4.69) is 24.4 Å². The third-order valence-corrected chi connectivity index (χ3v) is 4.24. The van der Waals surface area contributed by atoms with Gasteiger partial charge in [-0.15, -0.1) is 0 Å². The van der Waals surface area contributed by atoms with Crippen molar-refractivity contribution in [1.82, 2.24) is 5.32 Å². The second-order valence-corrected chi connectivity index (χ2v) is 5.96. The lowest BCUT2D eigenvalue weighted by atomic mass is 10.1. The first kappa shape index (κ1) is 13.7. The molecule has 20 heavy (non-hydrogen) atoms. The van der Waals surface area contributed by atoms with Gasteiger partial charge in [0.2, 0.25) is 0 Å². The van der Waals surface area contributed by atoms with Gasteiger partial charge < -0.3 is 14.8 Å². The minimum atomic E-state index is 0.630. The van der Waals surface area contributed by atoms with Crippen molar-refractivity contribution >= 4 is 0 Å². The van der Waals surface area contributed by atoms with E-state index in [1.54, 1.807) is 0 Å². The van der Waals surface area contributed by atoms with E-state index in [0.29, 0.717) is 6.04 Å². The Morgan fingerprint density at radius 1 is 1.25 bits per heavy atom. The highest BCUT2D eigenvalue weighted by Crippen LogP contribution is 2.35. The van der Waals surface area contributed by atoms with Crippen molar-refractivity contribution in [3.63, 3.8) is 0 Å². The Kier molecular flexibility index (Phi) is 4.46. The second kappa shape index (κ2) is 6.49. The summed E-state index contributed by atoms with van der Waals surface area (Å²) in [5.74, 6) is 2.82. The highest BCUT2D eigenvalue weighted by atomic mass is 16.5. The summed E-state index contributed by atoms with van der Waals surface area (Å²) >= 11 is 0. The number of fused-ring (bicyclic) bond motifs is 1. The molecule has 0 spiro atoms. The lowest BCUT2D eigenvalue weighted by molar-refractivity contribution is 0.295. The summed E-state index contributed by atoms with van der Waals surface area (Å²) in [5.41, 5.74) is 1.22. The predicted molar refractivity (Wildman–Crippen MR) is 80.3 cm³/mol. The lowest BCUT2D eigenvalue weighted by Crippen LogP contribution is -2.28. The monoisotopic (exact) mass is 275 g/mol. The molecule has 0 bridgehead atoms. The van der Waals surface area contributed by atoms with Crippen LogP contribution in [0.2, 0.25) is 0 Å². The van der Waals surface area contributed by atoms with Crippen LogP contribution in [0.5, 0.6) is 11.5 Å². The topological polar surface area (TPSA) is 30.5 Å². The van der Waals surface area contributed by atoms with Crippen LogP contribution in [0.15, 0.2) is 18.2 Å². The van der Waals surface area contributed by atoms with Gasteiger partial charge in [-0.2, -0.15) is 0 Å². The predicted octanol–water partition coefficient (Wildman–Crippen LogP) is 3.52. The molecular weight excluding hydrogens is 250 g/mol. The summed E-state index contributed by atoms with van der Waals surface area (Å²) in [4.78, 5) is 0. The zero-order valence-corrected chi connectivity index (χ0v) is 12.4. The molecular formula is C17H25NO2. The van der Waals surface area contributed by atoms with Crippen molar-refractivity contribution in [3.05, 3.63) is 23.8 Å². The lowest BCUT2D eigenvalue weighted by Gasteiger charge is -2.18. The molecule has 0 aromatic heterocycles. The summed E-state index contributed by atoms with van der Waals surface area (Å²) in [6.45, 7) is 4.65. The number of nitrogens with one attached hydrogen (secondary N) is 1. The number of hydrogen-bond acceptors (Lipinski definition) is 3. The fourth-order valence-electron chi connectivity index (χ4n) is 2.80. The highest BCUT2D eigenvalue weighted by molar-refractivity contribution is 5.47. The van der Waals surface area contributed by atoms with Gasteiger partial charge in [-0.25, -0.2) is 0 Å². The molecule has 1 atom stereocenters. The highest BCUT2D eigenvalue weighted by Gasteiger charge is 2.24.